The molecule has 0 spiro atoms. The summed E-state index contributed by atoms with van der Waals surface area (Å²) in [5.74, 6) is -0.160. The molecule has 0 aromatic heterocycles. The van der Waals surface area contributed by atoms with Crippen LogP contribution in [0.3, 0.4) is 0 Å². The molecule has 2 N–H and O–H groups in total. The van der Waals surface area contributed by atoms with Gasteiger partial charge in [0.15, 0.2) is 0 Å². The van der Waals surface area contributed by atoms with Gasteiger partial charge in [0.2, 0.25) is 5.91 Å². The maximum Gasteiger partial charge on any atom is 0.231 e. The van der Waals surface area contributed by atoms with E-state index >= 15 is 0 Å². The lowest BCUT2D eigenvalue weighted by atomic mass is 10.0. The maximum absolute atomic E-state index is 12.3. The van der Waals surface area contributed by atoms with Crippen molar-refractivity contribution in [1.29, 1.82) is 0 Å². The van der Waals surface area contributed by atoms with E-state index in [9.17, 15) is 4.79 Å². The number of rotatable bonds is 5. The molecule has 0 radical (unpaired) electrons. The number of carbonyl (C=O) groups excluding carboxylic acids is 1. The second-order valence-corrected chi connectivity index (χ2v) is 5.26. The maximum atomic E-state index is 12.3. The van der Waals surface area contributed by atoms with E-state index in [4.69, 9.17) is 0 Å². The van der Waals surface area contributed by atoms with Crippen LogP contribution in [0.15, 0.2) is 54.6 Å². The smallest absolute Gasteiger partial charge is 0.231 e. The summed E-state index contributed by atoms with van der Waals surface area (Å²) in [4.78, 5) is 12.3. The molecule has 21 heavy (non-hydrogen) atoms. The van der Waals surface area contributed by atoms with Crippen molar-refractivity contribution in [2.45, 2.75) is 25.8 Å². The summed E-state index contributed by atoms with van der Waals surface area (Å²) in [5.41, 5.74) is 3.01. The summed E-state index contributed by atoms with van der Waals surface area (Å²) in [5, 5.41) is 6.19. The molecule has 2 aromatic carbocycles. The zero-order valence-electron chi connectivity index (χ0n) is 12.8. The van der Waals surface area contributed by atoms with Crippen molar-refractivity contribution in [2.24, 2.45) is 0 Å². The molecule has 2 atom stereocenters. The molecule has 0 heterocycles. The predicted molar refractivity (Wildman–Crippen MR) is 87.4 cm³/mol. The number of nitrogens with one attached hydrogen (secondary N) is 2. The Labute approximate surface area is 126 Å². The Kier molecular flexibility index (Phi) is 5.12. The summed E-state index contributed by atoms with van der Waals surface area (Å²) >= 11 is 0. The van der Waals surface area contributed by atoms with E-state index in [2.05, 4.69) is 23.6 Å². The van der Waals surface area contributed by atoms with Crippen LogP contribution in [0.4, 0.5) is 5.69 Å². The monoisotopic (exact) mass is 282 g/mol. The van der Waals surface area contributed by atoms with Crippen LogP contribution in [0.5, 0.6) is 0 Å². The van der Waals surface area contributed by atoms with Crippen LogP contribution in [0.25, 0.3) is 0 Å². The lowest BCUT2D eigenvalue weighted by Crippen LogP contribution is -2.19. The Balaban J connectivity index is 2.09. The van der Waals surface area contributed by atoms with Gasteiger partial charge in [0.1, 0.15) is 0 Å². The molecule has 0 bridgehead atoms. The summed E-state index contributed by atoms with van der Waals surface area (Å²) < 4.78 is 0. The van der Waals surface area contributed by atoms with Crippen molar-refractivity contribution in [2.75, 3.05) is 12.4 Å². The summed E-state index contributed by atoms with van der Waals surface area (Å²) in [6, 6.07) is 18.0. The number of amides is 1. The number of hydrogen-bond acceptors (Lipinski definition) is 2. The van der Waals surface area contributed by atoms with Crippen LogP contribution in [-0.2, 0) is 4.79 Å². The van der Waals surface area contributed by atoms with Gasteiger partial charge < -0.3 is 10.6 Å². The Morgan fingerprint density at radius 3 is 2.29 bits per heavy atom. The fraction of sp³-hybridized carbons (Fsp3) is 0.278. The molecule has 0 aliphatic carbocycles. The van der Waals surface area contributed by atoms with Crippen molar-refractivity contribution >= 4 is 11.6 Å². The van der Waals surface area contributed by atoms with Crippen LogP contribution in [0.1, 0.15) is 36.9 Å². The second-order valence-electron chi connectivity index (χ2n) is 5.26. The largest absolute Gasteiger partial charge is 0.326 e. The highest BCUT2D eigenvalue weighted by atomic mass is 16.1. The van der Waals surface area contributed by atoms with Gasteiger partial charge in [0.05, 0.1) is 5.92 Å². The standard InChI is InChI=1S/C18H22N2O/c1-13(15-8-5-4-6-9-15)18(21)20-17-11-7-10-16(12-17)14(2)19-3/h4-14,19H,1-3H3,(H,20,21). The fourth-order valence-corrected chi connectivity index (χ4v) is 2.20. The minimum atomic E-state index is -0.170. The molecule has 0 saturated heterocycles. The molecule has 2 aromatic rings. The first-order valence-corrected chi connectivity index (χ1v) is 7.25. The zero-order valence-corrected chi connectivity index (χ0v) is 12.8. The lowest BCUT2D eigenvalue weighted by Gasteiger charge is -2.15. The highest BCUT2D eigenvalue weighted by Crippen LogP contribution is 2.20. The Morgan fingerprint density at radius 2 is 1.62 bits per heavy atom. The van der Waals surface area contributed by atoms with Gasteiger partial charge in [0, 0.05) is 11.7 Å². The van der Waals surface area contributed by atoms with E-state index in [1.165, 1.54) is 0 Å². The molecular formula is C18H22N2O. The van der Waals surface area contributed by atoms with E-state index in [-0.39, 0.29) is 17.9 Å². The van der Waals surface area contributed by atoms with Crippen molar-refractivity contribution in [3.8, 4) is 0 Å². The van der Waals surface area contributed by atoms with Crippen LogP contribution in [-0.4, -0.2) is 13.0 Å². The topological polar surface area (TPSA) is 41.1 Å². The molecule has 0 aliphatic rings. The third kappa shape index (κ3) is 3.92. The number of hydrogen-bond donors (Lipinski definition) is 2. The quantitative estimate of drug-likeness (QED) is 0.877. The van der Waals surface area contributed by atoms with Gasteiger partial charge in [-0.05, 0) is 44.2 Å². The summed E-state index contributed by atoms with van der Waals surface area (Å²) in [6.45, 7) is 4.01. The van der Waals surface area contributed by atoms with Gasteiger partial charge in [-0.15, -0.1) is 0 Å². The number of anilines is 1. The second kappa shape index (κ2) is 7.04. The van der Waals surface area contributed by atoms with Gasteiger partial charge in [-0.2, -0.15) is 0 Å². The van der Waals surface area contributed by atoms with Crippen molar-refractivity contribution in [3.63, 3.8) is 0 Å². The van der Waals surface area contributed by atoms with Gasteiger partial charge in [-0.3, -0.25) is 4.79 Å². The predicted octanol–water partition coefficient (Wildman–Crippen LogP) is 3.71. The van der Waals surface area contributed by atoms with Gasteiger partial charge >= 0.3 is 0 Å². The average molecular weight is 282 g/mol. The average Bonchev–Trinajstić information content (AvgIpc) is 2.54. The van der Waals surface area contributed by atoms with E-state index in [1.807, 2.05) is 62.5 Å². The first kappa shape index (κ1) is 15.3. The minimum absolute atomic E-state index is 0.00969. The molecule has 3 nitrogen and oxygen atoms in total. The molecule has 3 heteroatoms. The van der Waals surface area contributed by atoms with Gasteiger partial charge in [-0.25, -0.2) is 0 Å². The Hall–Kier alpha value is -2.13. The van der Waals surface area contributed by atoms with Gasteiger partial charge in [-0.1, -0.05) is 42.5 Å². The zero-order chi connectivity index (χ0) is 15.2. The third-order valence-electron chi connectivity index (χ3n) is 3.78. The van der Waals surface area contributed by atoms with Gasteiger partial charge in [0.25, 0.3) is 0 Å². The van der Waals surface area contributed by atoms with E-state index < -0.39 is 0 Å². The first-order valence-electron chi connectivity index (χ1n) is 7.25. The normalized spacial score (nSPS) is 13.5. The van der Waals surface area contributed by atoms with Crippen molar-refractivity contribution < 1.29 is 4.79 Å². The molecule has 0 aliphatic heterocycles. The highest BCUT2D eigenvalue weighted by Gasteiger charge is 2.15. The van der Waals surface area contributed by atoms with Crippen LogP contribution in [0, 0.1) is 0 Å². The van der Waals surface area contributed by atoms with Crippen LogP contribution >= 0.6 is 0 Å². The number of benzene rings is 2. The summed E-state index contributed by atoms with van der Waals surface area (Å²) in [6.07, 6.45) is 0. The lowest BCUT2D eigenvalue weighted by molar-refractivity contribution is -0.117. The van der Waals surface area contributed by atoms with Crippen molar-refractivity contribution in [3.05, 3.63) is 65.7 Å². The molecule has 110 valence electrons. The number of carbonyl (C=O) groups is 1. The van der Waals surface area contributed by atoms with Crippen LogP contribution in [0.2, 0.25) is 0 Å². The van der Waals surface area contributed by atoms with E-state index in [1.54, 1.807) is 0 Å². The molecular weight excluding hydrogens is 260 g/mol. The summed E-state index contributed by atoms with van der Waals surface area (Å²) in [7, 11) is 1.92. The fourth-order valence-electron chi connectivity index (χ4n) is 2.20. The van der Waals surface area contributed by atoms with Crippen molar-refractivity contribution in [1.82, 2.24) is 5.32 Å². The Bertz CT molecular complexity index is 595. The van der Waals surface area contributed by atoms with Crippen LogP contribution < -0.4 is 10.6 Å². The Morgan fingerprint density at radius 1 is 0.952 bits per heavy atom. The van der Waals surface area contributed by atoms with E-state index in [0.29, 0.717) is 0 Å². The SMILES string of the molecule is CNC(C)c1cccc(NC(=O)C(C)c2ccccc2)c1. The first-order chi connectivity index (χ1) is 10.1. The molecule has 2 rings (SSSR count). The molecule has 0 saturated carbocycles. The highest BCUT2D eigenvalue weighted by molar-refractivity contribution is 5.95. The van der Waals surface area contributed by atoms with E-state index in [0.717, 1.165) is 16.8 Å². The third-order valence-corrected chi connectivity index (χ3v) is 3.78. The molecule has 0 fully saturated rings. The molecule has 1 amide bonds. The minimum Gasteiger partial charge on any atom is -0.326 e. The molecule has 2 unspecified atom stereocenters.